The van der Waals surface area contributed by atoms with Crippen molar-refractivity contribution >= 4 is 21.9 Å². The van der Waals surface area contributed by atoms with Crippen LogP contribution in [0.1, 0.15) is 12.8 Å². The van der Waals surface area contributed by atoms with Gasteiger partial charge in [0, 0.05) is 11.0 Å². The molecule has 104 valence electrons. The molecule has 0 spiro atoms. The molecule has 0 bridgehead atoms. The van der Waals surface area contributed by atoms with E-state index in [0.717, 1.165) is 42.7 Å². The number of likely N-dealkylation sites (tertiary alicyclic amines) is 1. The fourth-order valence-corrected chi connectivity index (χ4v) is 2.63. The molecule has 1 aliphatic heterocycles. The fraction of sp³-hybridized carbons (Fsp3) is 0.500. The molecule has 0 aliphatic carbocycles. The van der Waals surface area contributed by atoms with E-state index in [9.17, 15) is 4.79 Å². The highest BCUT2D eigenvalue weighted by Gasteiger charge is 2.23. The van der Waals surface area contributed by atoms with Crippen molar-refractivity contribution in [1.82, 2.24) is 4.90 Å². The molecule has 1 aromatic carbocycles. The Morgan fingerprint density at radius 3 is 2.79 bits per heavy atom. The predicted octanol–water partition coefficient (Wildman–Crippen LogP) is 2.62. The summed E-state index contributed by atoms with van der Waals surface area (Å²) in [6, 6.07) is 7.78. The summed E-state index contributed by atoms with van der Waals surface area (Å²) < 4.78 is 6.68. The van der Waals surface area contributed by atoms with Crippen molar-refractivity contribution in [3.63, 3.8) is 0 Å². The summed E-state index contributed by atoms with van der Waals surface area (Å²) in [6.45, 7) is 3.17. The van der Waals surface area contributed by atoms with E-state index in [-0.39, 0.29) is 5.92 Å². The second-order valence-corrected chi connectivity index (χ2v) is 5.68. The van der Waals surface area contributed by atoms with Gasteiger partial charge >= 0.3 is 5.97 Å². The summed E-state index contributed by atoms with van der Waals surface area (Å²) in [5.74, 6) is 0.0297. The van der Waals surface area contributed by atoms with Crippen molar-refractivity contribution < 1.29 is 14.6 Å². The Labute approximate surface area is 121 Å². The van der Waals surface area contributed by atoms with Gasteiger partial charge in [-0.15, -0.1) is 0 Å². The molecular formula is C14H18BrNO3. The van der Waals surface area contributed by atoms with Crippen molar-refractivity contribution in [3.8, 4) is 5.75 Å². The maximum Gasteiger partial charge on any atom is 0.306 e. The van der Waals surface area contributed by atoms with E-state index in [0.29, 0.717) is 6.61 Å². The van der Waals surface area contributed by atoms with Gasteiger partial charge in [0.2, 0.25) is 0 Å². The Morgan fingerprint density at radius 1 is 1.42 bits per heavy atom. The molecule has 0 aromatic heterocycles. The van der Waals surface area contributed by atoms with E-state index in [4.69, 9.17) is 9.84 Å². The van der Waals surface area contributed by atoms with Crippen LogP contribution in [0.4, 0.5) is 0 Å². The lowest BCUT2D eigenvalue weighted by molar-refractivity contribution is -0.143. The third-order valence-corrected chi connectivity index (χ3v) is 3.90. The first-order chi connectivity index (χ1) is 9.15. The van der Waals surface area contributed by atoms with Crippen LogP contribution in [0.15, 0.2) is 28.7 Å². The monoisotopic (exact) mass is 327 g/mol. The number of halogens is 1. The number of aliphatic carboxylic acids is 1. The first-order valence-electron chi connectivity index (χ1n) is 6.48. The fourth-order valence-electron chi connectivity index (χ4n) is 2.25. The van der Waals surface area contributed by atoms with E-state index in [1.807, 2.05) is 24.3 Å². The Morgan fingerprint density at radius 2 is 2.16 bits per heavy atom. The summed E-state index contributed by atoms with van der Waals surface area (Å²) in [5, 5.41) is 8.93. The summed E-state index contributed by atoms with van der Waals surface area (Å²) in [4.78, 5) is 13.1. The smallest absolute Gasteiger partial charge is 0.306 e. The number of hydrogen-bond donors (Lipinski definition) is 1. The summed E-state index contributed by atoms with van der Waals surface area (Å²) in [5.41, 5.74) is 0. The minimum absolute atomic E-state index is 0.165. The van der Waals surface area contributed by atoms with Gasteiger partial charge in [0.05, 0.1) is 5.92 Å². The number of benzene rings is 1. The van der Waals surface area contributed by atoms with Crippen LogP contribution in [0.3, 0.4) is 0 Å². The topological polar surface area (TPSA) is 49.8 Å². The van der Waals surface area contributed by atoms with E-state index in [1.54, 1.807) is 0 Å². The molecule has 0 atom stereocenters. The average Bonchev–Trinajstić information content (AvgIpc) is 2.39. The molecule has 0 amide bonds. The summed E-state index contributed by atoms with van der Waals surface area (Å²) in [7, 11) is 0. The van der Waals surface area contributed by atoms with Gasteiger partial charge in [0.25, 0.3) is 0 Å². The molecule has 1 N–H and O–H groups in total. The van der Waals surface area contributed by atoms with Crippen LogP contribution in [0.25, 0.3) is 0 Å². The largest absolute Gasteiger partial charge is 0.492 e. The number of hydrogen-bond acceptors (Lipinski definition) is 3. The summed E-state index contributed by atoms with van der Waals surface area (Å²) in [6.07, 6.45) is 1.48. The molecule has 4 nitrogen and oxygen atoms in total. The molecular weight excluding hydrogens is 310 g/mol. The van der Waals surface area contributed by atoms with Crippen molar-refractivity contribution in [2.24, 2.45) is 5.92 Å². The second kappa shape index (κ2) is 6.91. The Bertz CT molecular complexity index is 430. The normalized spacial score (nSPS) is 17.3. The predicted molar refractivity (Wildman–Crippen MR) is 76.4 cm³/mol. The van der Waals surface area contributed by atoms with Gasteiger partial charge in [-0.05, 0) is 44.1 Å². The van der Waals surface area contributed by atoms with Crippen molar-refractivity contribution in [2.75, 3.05) is 26.2 Å². The molecule has 2 rings (SSSR count). The first-order valence-corrected chi connectivity index (χ1v) is 7.28. The molecule has 0 unspecified atom stereocenters. The van der Waals surface area contributed by atoms with E-state index in [2.05, 4.69) is 20.8 Å². The minimum atomic E-state index is -0.662. The SMILES string of the molecule is O=C(O)C1CCN(CCOc2cccc(Br)c2)CC1. The van der Waals surface area contributed by atoms with Gasteiger partial charge in [-0.2, -0.15) is 0 Å². The van der Waals surface area contributed by atoms with Crippen LogP contribution in [-0.4, -0.2) is 42.2 Å². The number of rotatable bonds is 5. The van der Waals surface area contributed by atoms with Crippen LogP contribution in [0, 0.1) is 5.92 Å². The molecule has 5 heteroatoms. The third kappa shape index (κ3) is 4.51. The van der Waals surface area contributed by atoms with Gasteiger partial charge in [-0.25, -0.2) is 0 Å². The number of piperidine rings is 1. The minimum Gasteiger partial charge on any atom is -0.492 e. The zero-order valence-electron chi connectivity index (χ0n) is 10.7. The summed E-state index contributed by atoms with van der Waals surface area (Å²) >= 11 is 3.40. The molecule has 1 saturated heterocycles. The highest BCUT2D eigenvalue weighted by atomic mass is 79.9. The lowest BCUT2D eigenvalue weighted by Crippen LogP contribution is -2.38. The van der Waals surface area contributed by atoms with E-state index >= 15 is 0 Å². The van der Waals surface area contributed by atoms with E-state index < -0.39 is 5.97 Å². The van der Waals surface area contributed by atoms with Crippen molar-refractivity contribution in [3.05, 3.63) is 28.7 Å². The molecule has 1 aromatic rings. The average molecular weight is 328 g/mol. The Hall–Kier alpha value is -1.07. The quantitative estimate of drug-likeness (QED) is 0.903. The third-order valence-electron chi connectivity index (χ3n) is 3.41. The maximum atomic E-state index is 10.8. The van der Waals surface area contributed by atoms with Crippen molar-refractivity contribution in [1.29, 1.82) is 0 Å². The van der Waals surface area contributed by atoms with Crippen LogP contribution in [0.2, 0.25) is 0 Å². The van der Waals surface area contributed by atoms with Gasteiger partial charge in [0.15, 0.2) is 0 Å². The van der Waals surface area contributed by atoms with Crippen LogP contribution in [-0.2, 0) is 4.79 Å². The lowest BCUT2D eigenvalue weighted by Gasteiger charge is -2.29. The maximum absolute atomic E-state index is 10.8. The first kappa shape index (κ1) is 14.3. The molecule has 1 heterocycles. The van der Waals surface area contributed by atoms with E-state index in [1.165, 1.54) is 0 Å². The van der Waals surface area contributed by atoms with Crippen molar-refractivity contribution in [2.45, 2.75) is 12.8 Å². The highest BCUT2D eigenvalue weighted by molar-refractivity contribution is 9.10. The number of carboxylic acids is 1. The van der Waals surface area contributed by atoms with Crippen LogP contribution >= 0.6 is 15.9 Å². The van der Waals surface area contributed by atoms with Gasteiger partial charge in [-0.1, -0.05) is 22.0 Å². The number of nitrogens with zero attached hydrogens (tertiary/aromatic N) is 1. The van der Waals surface area contributed by atoms with Crippen LogP contribution in [0.5, 0.6) is 5.75 Å². The van der Waals surface area contributed by atoms with Gasteiger partial charge in [0.1, 0.15) is 12.4 Å². The second-order valence-electron chi connectivity index (χ2n) is 4.76. The van der Waals surface area contributed by atoms with Gasteiger partial charge < -0.3 is 9.84 Å². The zero-order chi connectivity index (χ0) is 13.7. The molecule has 19 heavy (non-hydrogen) atoms. The van der Waals surface area contributed by atoms with Gasteiger partial charge in [-0.3, -0.25) is 9.69 Å². The molecule has 0 saturated carbocycles. The highest BCUT2D eigenvalue weighted by Crippen LogP contribution is 2.19. The molecule has 0 radical (unpaired) electrons. The molecule has 1 aliphatic rings. The number of carbonyl (C=O) groups is 1. The van der Waals surface area contributed by atoms with Crippen LogP contribution < -0.4 is 4.74 Å². The Balaban J connectivity index is 1.68. The number of ether oxygens (including phenoxy) is 1. The lowest BCUT2D eigenvalue weighted by atomic mass is 9.97. The Kier molecular flexibility index (Phi) is 5.22. The number of carboxylic acid groups (broad SMARTS) is 1. The zero-order valence-corrected chi connectivity index (χ0v) is 12.3. The molecule has 1 fully saturated rings. The standard InChI is InChI=1S/C14H18BrNO3/c15-12-2-1-3-13(10-12)19-9-8-16-6-4-11(5-7-16)14(17)18/h1-3,10-11H,4-9H2,(H,17,18).